The van der Waals surface area contributed by atoms with E-state index in [2.05, 4.69) is 0 Å². The second-order valence-corrected chi connectivity index (χ2v) is 6.61. The van der Waals surface area contributed by atoms with Crippen LogP contribution in [-0.4, -0.2) is 50.3 Å². The fourth-order valence-corrected chi connectivity index (χ4v) is 3.96. The quantitative estimate of drug-likeness (QED) is 0.729. The van der Waals surface area contributed by atoms with Crippen LogP contribution in [0.2, 0.25) is 0 Å². The van der Waals surface area contributed by atoms with Crippen molar-refractivity contribution in [3.8, 4) is 0 Å². The van der Waals surface area contributed by atoms with Gasteiger partial charge < -0.3 is 10.5 Å². The van der Waals surface area contributed by atoms with Gasteiger partial charge in [0.2, 0.25) is 10.0 Å². The third-order valence-electron chi connectivity index (χ3n) is 3.28. The van der Waals surface area contributed by atoms with E-state index < -0.39 is 15.3 Å². The summed E-state index contributed by atoms with van der Waals surface area (Å²) < 4.78 is 31.6. The van der Waals surface area contributed by atoms with Gasteiger partial charge in [-0.25, -0.2) is 8.42 Å². The Bertz CT molecular complexity index is 309. The molecule has 0 aromatic heterocycles. The van der Waals surface area contributed by atoms with Gasteiger partial charge in [-0.15, -0.1) is 0 Å². The minimum Gasteiger partial charge on any atom is -0.377 e. The van der Waals surface area contributed by atoms with E-state index >= 15 is 0 Å². The lowest BCUT2D eigenvalue weighted by Crippen LogP contribution is -2.44. The van der Waals surface area contributed by atoms with Gasteiger partial charge >= 0.3 is 0 Å². The van der Waals surface area contributed by atoms with E-state index in [4.69, 9.17) is 10.5 Å². The van der Waals surface area contributed by atoms with Gasteiger partial charge in [0.1, 0.15) is 0 Å². The lowest BCUT2D eigenvalue weighted by Gasteiger charge is -2.27. The van der Waals surface area contributed by atoms with Crippen LogP contribution in [0.25, 0.3) is 0 Å². The van der Waals surface area contributed by atoms with Crippen molar-refractivity contribution in [1.29, 1.82) is 0 Å². The topological polar surface area (TPSA) is 72.6 Å². The zero-order chi connectivity index (χ0) is 12.9. The minimum absolute atomic E-state index is 0.0556. The molecular weight excluding hydrogens is 240 g/mol. The number of nitrogens with two attached hydrogens (primary N) is 1. The van der Waals surface area contributed by atoms with E-state index in [0.29, 0.717) is 19.5 Å². The number of hydrogen-bond acceptors (Lipinski definition) is 4. The molecule has 1 saturated heterocycles. The Morgan fingerprint density at radius 1 is 1.47 bits per heavy atom. The molecule has 6 heteroatoms. The molecular formula is C11H24N2O3S. The molecule has 0 aromatic rings. The van der Waals surface area contributed by atoms with E-state index in [1.165, 1.54) is 4.31 Å². The number of sulfonamides is 1. The zero-order valence-corrected chi connectivity index (χ0v) is 11.6. The third kappa shape index (κ3) is 3.64. The number of nitrogens with zero attached hydrogens (tertiary/aromatic N) is 1. The molecule has 0 bridgehead atoms. The second-order valence-electron chi connectivity index (χ2n) is 4.40. The van der Waals surface area contributed by atoms with Crippen molar-refractivity contribution in [3.05, 3.63) is 0 Å². The van der Waals surface area contributed by atoms with Gasteiger partial charge in [-0.3, -0.25) is 0 Å². The van der Waals surface area contributed by atoms with Crippen LogP contribution < -0.4 is 5.73 Å². The predicted molar refractivity (Wildman–Crippen MR) is 68.3 cm³/mol. The summed E-state index contributed by atoms with van der Waals surface area (Å²) in [7, 11) is -3.27. The molecule has 1 rings (SSSR count). The van der Waals surface area contributed by atoms with Crippen molar-refractivity contribution in [1.82, 2.24) is 4.31 Å². The van der Waals surface area contributed by atoms with E-state index in [1.54, 1.807) is 0 Å². The molecule has 0 aliphatic carbocycles. The van der Waals surface area contributed by atoms with E-state index in [1.807, 2.05) is 13.8 Å². The second kappa shape index (κ2) is 6.68. The molecule has 5 nitrogen and oxygen atoms in total. The first-order valence-corrected chi connectivity index (χ1v) is 7.87. The maximum absolute atomic E-state index is 12.3. The molecule has 17 heavy (non-hydrogen) atoms. The Kier molecular flexibility index (Phi) is 5.85. The van der Waals surface area contributed by atoms with Crippen LogP contribution in [-0.2, 0) is 14.8 Å². The Morgan fingerprint density at radius 2 is 2.18 bits per heavy atom. The first-order chi connectivity index (χ1) is 8.06. The molecule has 2 unspecified atom stereocenters. The SMILES string of the molecule is CCC(CN)S(=O)(=O)N(CC)CC1CCCO1. The van der Waals surface area contributed by atoms with Gasteiger partial charge in [0.25, 0.3) is 0 Å². The summed E-state index contributed by atoms with van der Waals surface area (Å²) in [5, 5.41) is -0.469. The number of hydrogen-bond donors (Lipinski definition) is 1. The average Bonchev–Trinajstić information content (AvgIpc) is 2.79. The molecule has 2 N–H and O–H groups in total. The van der Waals surface area contributed by atoms with Crippen molar-refractivity contribution >= 4 is 10.0 Å². The molecule has 1 aliphatic heterocycles. The van der Waals surface area contributed by atoms with Crippen molar-refractivity contribution in [3.63, 3.8) is 0 Å². The number of ether oxygens (including phenoxy) is 1. The molecule has 102 valence electrons. The molecule has 0 aromatic carbocycles. The molecule has 0 radical (unpaired) electrons. The van der Waals surface area contributed by atoms with E-state index in [9.17, 15) is 8.42 Å². The molecule has 0 saturated carbocycles. The van der Waals surface area contributed by atoms with Crippen LogP contribution in [0.15, 0.2) is 0 Å². The van der Waals surface area contributed by atoms with Gasteiger partial charge in [0.15, 0.2) is 0 Å². The molecule has 1 fully saturated rings. The largest absolute Gasteiger partial charge is 0.377 e. The van der Waals surface area contributed by atoms with Gasteiger partial charge in [0, 0.05) is 26.2 Å². The highest BCUT2D eigenvalue weighted by molar-refractivity contribution is 7.89. The monoisotopic (exact) mass is 264 g/mol. The zero-order valence-electron chi connectivity index (χ0n) is 10.8. The molecule has 0 amide bonds. The van der Waals surface area contributed by atoms with Crippen molar-refractivity contribution < 1.29 is 13.2 Å². The Labute approximate surface area is 104 Å². The average molecular weight is 264 g/mol. The summed E-state index contributed by atoms with van der Waals surface area (Å²) in [6, 6.07) is 0. The fraction of sp³-hybridized carbons (Fsp3) is 1.00. The Hall–Kier alpha value is -0.170. The molecule has 1 aliphatic rings. The highest BCUT2D eigenvalue weighted by Crippen LogP contribution is 2.18. The summed E-state index contributed by atoms with van der Waals surface area (Å²) in [5.41, 5.74) is 5.53. The van der Waals surface area contributed by atoms with E-state index in [0.717, 1.165) is 19.4 Å². The van der Waals surface area contributed by atoms with Gasteiger partial charge in [0.05, 0.1) is 11.4 Å². The van der Waals surface area contributed by atoms with E-state index in [-0.39, 0.29) is 12.6 Å². The minimum atomic E-state index is -3.27. The first kappa shape index (κ1) is 14.9. The smallest absolute Gasteiger partial charge is 0.218 e. The summed E-state index contributed by atoms with van der Waals surface area (Å²) in [4.78, 5) is 0. The first-order valence-electron chi connectivity index (χ1n) is 6.36. The highest BCUT2D eigenvalue weighted by atomic mass is 32.2. The van der Waals surface area contributed by atoms with Crippen LogP contribution in [0.5, 0.6) is 0 Å². The maximum atomic E-state index is 12.3. The van der Waals surface area contributed by atoms with Gasteiger partial charge in [-0.05, 0) is 19.3 Å². The normalized spacial score (nSPS) is 23.2. The molecule has 0 spiro atoms. The summed E-state index contributed by atoms with van der Waals surface area (Å²) in [6.45, 7) is 5.59. The summed E-state index contributed by atoms with van der Waals surface area (Å²) in [5.74, 6) is 0. The third-order valence-corrected chi connectivity index (χ3v) is 5.78. The Morgan fingerprint density at radius 3 is 2.59 bits per heavy atom. The number of likely N-dealkylation sites (N-methyl/N-ethyl adjacent to an activating group) is 1. The predicted octanol–water partition coefficient (Wildman–Crippen LogP) is 0.554. The number of rotatable bonds is 7. The van der Waals surface area contributed by atoms with Crippen LogP contribution in [0.4, 0.5) is 0 Å². The maximum Gasteiger partial charge on any atom is 0.218 e. The van der Waals surface area contributed by atoms with Gasteiger partial charge in [-0.1, -0.05) is 13.8 Å². The standard InChI is InChI=1S/C11H24N2O3S/c1-3-11(8-12)17(14,15)13(4-2)9-10-6-5-7-16-10/h10-11H,3-9,12H2,1-2H3. The lowest BCUT2D eigenvalue weighted by atomic mass is 10.2. The van der Waals surface area contributed by atoms with Crippen molar-refractivity contribution in [2.45, 2.75) is 44.5 Å². The van der Waals surface area contributed by atoms with Crippen molar-refractivity contribution in [2.24, 2.45) is 5.73 Å². The lowest BCUT2D eigenvalue weighted by molar-refractivity contribution is 0.0944. The van der Waals surface area contributed by atoms with Gasteiger partial charge in [-0.2, -0.15) is 4.31 Å². The van der Waals surface area contributed by atoms with Crippen LogP contribution in [0.3, 0.4) is 0 Å². The van der Waals surface area contributed by atoms with Crippen LogP contribution >= 0.6 is 0 Å². The summed E-state index contributed by atoms with van der Waals surface area (Å²) >= 11 is 0. The highest BCUT2D eigenvalue weighted by Gasteiger charge is 2.31. The summed E-state index contributed by atoms with van der Waals surface area (Å²) in [6.07, 6.45) is 2.59. The van der Waals surface area contributed by atoms with Crippen LogP contribution in [0.1, 0.15) is 33.1 Å². The molecule has 1 heterocycles. The van der Waals surface area contributed by atoms with Crippen molar-refractivity contribution in [2.75, 3.05) is 26.2 Å². The molecule has 2 atom stereocenters. The Balaban J connectivity index is 2.70. The van der Waals surface area contributed by atoms with Crippen LogP contribution in [0, 0.1) is 0 Å². The fourth-order valence-electron chi connectivity index (χ4n) is 2.14.